The van der Waals surface area contributed by atoms with Crippen molar-refractivity contribution in [2.24, 2.45) is 0 Å². The van der Waals surface area contributed by atoms with E-state index in [2.05, 4.69) is 0 Å². The first-order valence-electron chi connectivity index (χ1n) is 9.77. The van der Waals surface area contributed by atoms with Gasteiger partial charge in [0.05, 0.1) is 31.2 Å². The number of carboxylic acids is 3. The molecule has 3 amide bonds. The van der Waals surface area contributed by atoms with Crippen LogP contribution in [0.2, 0.25) is 0 Å². The lowest BCUT2D eigenvalue weighted by Gasteiger charge is -2.29. The Hall–Kier alpha value is -3.34. The molecular weight excluding hydrogens is 466 g/mol. The summed E-state index contributed by atoms with van der Waals surface area (Å²) in [5.41, 5.74) is -3.07. The molecule has 0 saturated carbocycles. The van der Waals surface area contributed by atoms with Crippen LogP contribution in [0.25, 0.3) is 0 Å². The third kappa shape index (κ3) is 9.26. The maximum atomic E-state index is 12.6. The summed E-state index contributed by atoms with van der Waals surface area (Å²) in [6, 6.07) is -5.73. The summed E-state index contributed by atoms with van der Waals surface area (Å²) < 4.78 is 0. The van der Waals surface area contributed by atoms with Crippen LogP contribution in [-0.2, 0) is 28.8 Å². The third-order valence-electron chi connectivity index (χ3n) is 4.49. The third-order valence-corrected chi connectivity index (χ3v) is 4.49. The van der Waals surface area contributed by atoms with Crippen molar-refractivity contribution in [2.45, 2.75) is 75.7 Å². The minimum Gasteiger partial charge on any atom is -0.480 e. The number of carbonyl (C=O) groups is 6. The average molecular weight is 495 g/mol. The SMILES string of the molecule is CC(O)C(NC(=O)CC(O)(CC(=O)NC(C(=O)O)C(C)O)C(=O)NC(C(=O)O)C(C)O)C(=O)O. The van der Waals surface area contributed by atoms with Crippen molar-refractivity contribution in [3.05, 3.63) is 0 Å². The van der Waals surface area contributed by atoms with Crippen molar-refractivity contribution in [3.63, 3.8) is 0 Å². The van der Waals surface area contributed by atoms with E-state index in [1.807, 2.05) is 10.6 Å². The Bertz CT molecular complexity index is 754. The second-order valence-corrected chi connectivity index (χ2v) is 7.66. The summed E-state index contributed by atoms with van der Waals surface area (Å²) in [4.78, 5) is 70.8. The Balaban J connectivity index is 5.94. The van der Waals surface area contributed by atoms with Crippen molar-refractivity contribution < 1.29 is 64.5 Å². The van der Waals surface area contributed by atoms with Crippen LogP contribution in [-0.4, -0.2) is 113 Å². The molecule has 16 heteroatoms. The van der Waals surface area contributed by atoms with E-state index in [1.54, 1.807) is 5.32 Å². The van der Waals surface area contributed by atoms with E-state index in [-0.39, 0.29) is 0 Å². The van der Waals surface area contributed by atoms with Crippen LogP contribution >= 0.6 is 0 Å². The molecule has 16 nitrogen and oxygen atoms in total. The van der Waals surface area contributed by atoms with Crippen molar-refractivity contribution in [2.75, 3.05) is 0 Å². The van der Waals surface area contributed by atoms with Crippen LogP contribution in [0, 0.1) is 0 Å². The van der Waals surface area contributed by atoms with Gasteiger partial charge in [-0.3, -0.25) is 14.4 Å². The van der Waals surface area contributed by atoms with Crippen LogP contribution in [0.1, 0.15) is 33.6 Å². The smallest absolute Gasteiger partial charge is 0.328 e. The van der Waals surface area contributed by atoms with Gasteiger partial charge in [-0.05, 0) is 20.8 Å². The zero-order valence-electron chi connectivity index (χ0n) is 18.5. The van der Waals surface area contributed by atoms with Crippen LogP contribution in [0.15, 0.2) is 0 Å². The number of nitrogens with one attached hydrogen (secondary N) is 3. The first kappa shape index (κ1) is 30.7. The largest absolute Gasteiger partial charge is 0.480 e. The fourth-order valence-electron chi connectivity index (χ4n) is 2.64. The first-order chi connectivity index (χ1) is 15.4. The second kappa shape index (κ2) is 12.8. The molecule has 0 aliphatic carbocycles. The molecule has 0 rings (SSSR count). The summed E-state index contributed by atoms with van der Waals surface area (Å²) >= 11 is 0. The van der Waals surface area contributed by atoms with Crippen molar-refractivity contribution in [1.82, 2.24) is 16.0 Å². The molecule has 194 valence electrons. The van der Waals surface area contributed by atoms with Gasteiger partial charge in [0.2, 0.25) is 11.8 Å². The fraction of sp³-hybridized carbons (Fsp3) is 0.667. The second-order valence-electron chi connectivity index (χ2n) is 7.66. The highest BCUT2D eigenvalue weighted by Crippen LogP contribution is 2.18. The highest BCUT2D eigenvalue weighted by molar-refractivity contribution is 5.98. The Morgan fingerprint density at radius 1 is 0.618 bits per heavy atom. The molecule has 0 aromatic heterocycles. The molecule has 6 atom stereocenters. The first-order valence-corrected chi connectivity index (χ1v) is 9.77. The average Bonchev–Trinajstić information content (AvgIpc) is 2.66. The Morgan fingerprint density at radius 2 is 0.882 bits per heavy atom. The molecule has 0 aliphatic rings. The van der Waals surface area contributed by atoms with E-state index in [1.165, 1.54) is 0 Å². The monoisotopic (exact) mass is 495 g/mol. The van der Waals surface area contributed by atoms with Gasteiger partial charge in [0.1, 0.15) is 0 Å². The van der Waals surface area contributed by atoms with E-state index in [9.17, 15) is 49.2 Å². The van der Waals surface area contributed by atoms with Gasteiger partial charge < -0.3 is 51.7 Å². The van der Waals surface area contributed by atoms with Gasteiger partial charge in [0, 0.05) is 0 Å². The lowest BCUT2D eigenvalue weighted by molar-refractivity contribution is -0.156. The number of hydrogen-bond donors (Lipinski definition) is 10. The summed E-state index contributed by atoms with van der Waals surface area (Å²) in [7, 11) is 0. The number of carbonyl (C=O) groups excluding carboxylic acids is 3. The Labute approximate surface area is 192 Å². The molecule has 0 fully saturated rings. The maximum Gasteiger partial charge on any atom is 0.328 e. The van der Waals surface area contributed by atoms with E-state index >= 15 is 0 Å². The van der Waals surface area contributed by atoms with E-state index in [0.717, 1.165) is 20.8 Å². The highest BCUT2D eigenvalue weighted by Gasteiger charge is 2.44. The summed E-state index contributed by atoms with van der Waals surface area (Å²) in [6.07, 6.45) is -7.57. The number of aliphatic carboxylic acids is 3. The van der Waals surface area contributed by atoms with Crippen LogP contribution in [0.5, 0.6) is 0 Å². The van der Waals surface area contributed by atoms with Gasteiger partial charge >= 0.3 is 17.9 Å². The van der Waals surface area contributed by atoms with E-state index < -0.39 is 90.5 Å². The van der Waals surface area contributed by atoms with Gasteiger partial charge in [-0.15, -0.1) is 0 Å². The summed E-state index contributed by atoms with van der Waals surface area (Å²) in [5, 5.41) is 71.8. The van der Waals surface area contributed by atoms with Gasteiger partial charge in [0.15, 0.2) is 23.7 Å². The zero-order chi connectivity index (χ0) is 27.0. The van der Waals surface area contributed by atoms with Crippen molar-refractivity contribution in [3.8, 4) is 0 Å². The highest BCUT2D eigenvalue weighted by atomic mass is 16.4. The molecule has 34 heavy (non-hydrogen) atoms. The molecule has 0 aromatic rings. The predicted octanol–water partition coefficient (Wildman–Crippen LogP) is -4.65. The molecule has 0 radical (unpaired) electrons. The minimum absolute atomic E-state index is 0.984. The summed E-state index contributed by atoms with van der Waals surface area (Å²) in [6.45, 7) is 3.03. The molecule has 0 saturated heterocycles. The lowest BCUT2D eigenvalue weighted by atomic mass is 9.92. The molecule has 6 unspecified atom stereocenters. The van der Waals surface area contributed by atoms with Crippen LogP contribution in [0.4, 0.5) is 0 Å². The molecule has 0 aromatic carbocycles. The normalized spacial score (nSPS) is 18.1. The molecule has 0 bridgehead atoms. The van der Waals surface area contributed by atoms with Crippen LogP contribution in [0.3, 0.4) is 0 Å². The molecule has 10 N–H and O–H groups in total. The molecule has 0 aliphatic heterocycles. The number of aliphatic hydroxyl groups excluding tert-OH is 3. The standard InChI is InChI=1S/C18H29N3O13/c1-6(22)11(14(27)28)19-9(25)4-18(34,17(33)21-13(8(3)24)16(31)32)5-10(26)20-12(7(2)23)15(29)30/h6-8,11-13,22-24,34H,4-5H2,1-3H3,(H,19,25)(H,20,26)(H,21,33)(H,27,28)(H,29,30)(H,31,32). The number of carboxylic acid groups (broad SMARTS) is 3. The predicted molar refractivity (Wildman–Crippen MR) is 108 cm³/mol. The number of aliphatic hydroxyl groups is 4. The van der Waals surface area contributed by atoms with E-state index in [4.69, 9.17) is 15.3 Å². The quantitative estimate of drug-likeness (QED) is 0.109. The molecular formula is C18H29N3O13. The molecule has 0 spiro atoms. The minimum atomic E-state index is -3.07. The molecule has 0 heterocycles. The summed E-state index contributed by atoms with van der Waals surface area (Å²) in [5.74, 6) is -9.43. The van der Waals surface area contributed by atoms with Gasteiger partial charge in [0.25, 0.3) is 5.91 Å². The topological polar surface area (TPSA) is 280 Å². The van der Waals surface area contributed by atoms with Crippen molar-refractivity contribution in [1.29, 1.82) is 0 Å². The number of hydrogen-bond acceptors (Lipinski definition) is 10. The van der Waals surface area contributed by atoms with Crippen LogP contribution < -0.4 is 16.0 Å². The number of amides is 3. The van der Waals surface area contributed by atoms with Gasteiger partial charge in [-0.1, -0.05) is 0 Å². The fourth-order valence-corrected chi connectivity index (χ4v) is 2.64. The Morgan fingerprint density at radius 3 is 1.12 bits per heavy atom. The van der Waals surface area contributed by atoms with Gasteiger partial charge in [-0.2, -0.15) is 0 Å². The lowest BCUT2D eigenvalue weighted by Crippen LogP contribution is -2.59. The zero-order valence-corrected chi connectivity index (χ0v) is 18.5. The van der Waals surface area contributed by atoms with E-state index in [0.29, 0.717) is 0 Å². The van der Waals surface area contributed by atoms with Crippen molar-refractivity contribution >= 4 is 35.6 Å². The van der Waals surface area contributed by atoms with Gasteiger partial charge in [-0.25, -0.2) is 14.4 Å². The number of rotatable bonds is 14. The maximum absolute atomic E-state index is 12.6. The Kier molecular flexibility index (Phi) is 11.5.